The second-order valence-electron chi connectivity index (χ2n) is 7.61. The number of nitrogens with zero attached hydrogens (tertiary/aromatic N) is 2. The first kappa shape index (κ1) is 17.6. The first-order valence-corrected chi connectivity index (χ1v) is 9.69. The second-order valence-corrected chi connectivity index (χ2v) is 7.61. The number of aromatic nitrogens is 1. The molecular formula is C23H26N4. The molecule has 3 aromatic rings. The number of nitrogens with two attached hydrogens (primary N) is 1. The standard InChI is InChI=1S/C23H26N4/c1-15-19(4-3-5-22(15)25)21-14-27(18-9-7-17(26-2)8-10-18)23-11-6-16(13-24)12-20(21)23/h3-6,11-12,14,17-18,26H,7-10,25H2,1-2H3. The lowest BCUT2D eigenvalue weighted by atomic mass is 9.91. The summed E-state index contributed by atoms with van der Waals surface area (Å²) in [4.78, 5) is 0. The van der Waals surface area contributed by atoms with E-state index in [0.717, 1.165) is 22.2 Å². The molecule has 138 valence electrons. The van der Waals surface area contributed by atoms with E-state index < -0.39 is 0 Å². The van der Waals surface area contributed by atoms with Crippen LogP contribution in [0.5, 0.6) is 0 Å². The van der Waals surface area contributed by atoms with Crippen molar-refractivity contribution in [2.75, 3.05) is 12.8 Å². The van der Waals surface area contributed by atoms with Crippen molar-refractivity contribution in [3.8, 4) is 17.2 Å². The summed E-state index contributed by atoms with van der Waals surface area (Å²) in [6.45, 7) is 2.07. The van der Waals surface area contributed by atoms with E-state index in [-0.39, 0.29) is 0 Å². The van der Waals surface area contributed by atoms with Crippen LogP contribution in [0.4, 0.5) is 5.69 Å². The number of rotatable bonds is 3. The predicted octanol–water partition coefficient (Wildman–Crippen LogP) is 4.77. The Labute approximate surface area is 160 Å². The molecule has 0 spiro atoms. The van der Waals surface area contributed by atoms with Gasteiger partial charge in [-0.25, -0.2) is 0 Å². The minimum Gasteiger partial charge on any atom is -0.398 e. The highest BCUT2D eigenvalue weighted by Gasteiger charge is 2.24. The highest BCUT2D eigenvalue weighted by molar-refractivity contribution is 5.98. The van der Waals surface area contributed by atoms with Crippen molar-refractivity contribution < 1.29 is 0 Å². The molecule has 1 aromatic heterocycles. The second kappa shape index (κ2) is 7.09. The zero-order chi connectivity index (χ0) is 19.0. The molecule has 4 rings (SSSR count). The van der Waals surface area contributed by atoms with Crippen molar-refractivity contribution >= 4 is 16.6 Å². The van der Waals surface area contributed by atoms with Crippen LogP contribution in [0.3, 0.4) is 0 Å². The van der Waals surface area contributed by atoms with E-state index in [9.17, 15) is 5.26 Å². The summed E-state index contributed by atoms with van der Waals surface area (Å²) in [5.41, 5.74) is 12.3. The molecular weight excluding hydrogens is 332 g/mol. The van der Waals surface area contributed by atoms with Gasteiger partial charge in [-0.15, -0.1) is 0 Å². The highest BCUT2D eigenvalue weighted by Crippen LogP contribution is 2.39. The van der Waals surface area contributed by atoms with Crippen LogP contribution in [0.1, 0.15) is 42.9 Å². The average molecular weight is 358 g/mol. The third-order valence-corrected chi connectivity index (χ3v) is 6.13. The number of hydrogen-bond donors (Lipinski definition) is 2. The number of anilines is 1. The van der Waals surface area contributed by atoms with E-state index in [0.29, 0.717) is 17.6 Å². The summed E-state index contributed by atoms with van der Waals surface area (Å²) in [7, 11) is 2.06. The Morgan fingerprint density at radius 3 is 2.59 bits per heavy atom. The molecule has 0 unspecified atom stereocenters. The molecule has 1 heterocycles. The molecule has 27 heavy (non-hydrogen) atoms. The summed E-state index contributed by atoms with van der Waals surface area (Å²) >= 11 is 0. The van der Waals surface area contributed by atoms with Crippen LogP contribution in [0.15, 0.2) is 42.6 Å². The SMILES string of the molecule is CNC1CCC(n2cc(-c3cccc(N)c3C)c3cc(C#N)ccc32)CC1. The lowest BCUT2D eigenvalue weighted by Gasteiger charge is -2.29. The zero-order valence-electron chi connectivity index (χ0n) is 16.0. The first-order valence-electron chi connectivity index (χ1n) is 9.69. The molecule has 0 bridgehead atoms. The summed E-state index contributed by atoms with van der Waals surface area (Å²) in [5.74, 6) is 0. The van der Waals surface area contributed by atoms with Gasteiger partial charge in [-0.1, -0.05) is 12.1 Å². The normalized spacial score (nSPS) is 19.9. The number of benzene rings is 2. The van der Waals surface area contributed by atoms with Gasteiger partial charge in [-0.2, -0.15) is 5.26 Å². The maximum absolute atomic E-state index is 9.39. The summed E-state index contributed by atoms with van der Waals surface area (Å²) in [6, 6.07) is 15.5. The molecule has 4 nitrogen and oxygen atoms in total. The molecule has 2 aromatic carbocycles. The minimum absolute atomic E-state index is 0.500. The van der Waals surface area contributed by atoms with Gasteiger partial charge in [0, 0.05) is 40.4 Å². The Hall–Kier alpha value is -2.77. The fraction of sp³-hybridized carbons (Fsp3) is 0.348. The number of hydrogen-bond acceptors (Lipinski definition) is 3. The molecule has 0 amide bonds. The van der Waals surface area contributed by atoms with Crippen LogP contribution in [-0.2, 0) is 0 Å². The maximum atomic E-state index is 9.39. The fourth-order valence-electron chi connectivity index (χ4n) is 4.43. The van der Waals surface area contributed by atoms with Gasteiger partial charge in [-0.05, 0) is 75.0 Å². The van der Waals surface area contributed by atoms with Gasteiger partial charge < -0.3 is 15.6 Å². The van der Waals surface area contributed by atoms with Gasteiger partial charge in [0.25, 0.3) is 0 Å². The van der Waals surface area contributed by atoms with Crippen molar-refractivity contribution in [1.29, 1.82) is 5.26 Å². The quantitative estimate of drug-likeness (QED) is 0.663. The third kappa shape index (κ3) is 3.09. The Kier molecular flexibility index (Phi) is 4.63. The number of nitriles is 1. The number of fused-ring (bicyclic) bond motifs is 1. The summed E-state index contributed by atoms with van der Waals surface area (Å²) < 4.78 is 2.43. The zero-order valence-corrected chi connectivity index (χ0v) is 16.0. The average Bonchev–Trinajstić information content (AvgIpc) is 3.08. The number of nitrogen functional groups attached to an aromatic ring is 1. The minimum atomic E-state index is 0.500. The van der Waals surface area contributed by atoms with Crippen molar-refractivity contribution in [1.82, 2.24) is 9.88 Å². The van der Waals surface area contributed by atoms with E-state index in [2.05, 4.69) is 48.3 Å². The molecule has 0 aliphatic heterocycles. The van der Waals surface area contributed by atoms with Crippen molar-refractivity contribution in [3.05, 3.63) is 53.7 Å². The van der Waals surface area contributed by atoms with E-state index in [1.807, 2.05) is 24.3 Å². The first-order chi connectivity index (χ1) is 13.1. The third-order valence-electron chi connectivity index (χ3n) is 6.13. The molecule has 1 saturated carbocycles. The van der Waals surface area contributed by atoms with E-state index >= 15 is 0 Å². The summed E-state index contributed by atoms with van der Waals surface area (Å²) in [5, 5.41) is 13.9. The predicted molar refractivity (Wildman–Crippen MR) is 112 cm³/mol. The van der Waals surface area contributed by atoms with Gasteiger partial charge in [0.05, 0.1) is 11.6 Å². The van der Waals surface area contributed by atoms with Gasteiger partial charge in [0.1, 0.15) is 0 Å². The fourth-order valence-corrected chi connectivity index (χ4v) is 4.43. The molecule has 1 fully saturated rings. The van der Waals surface area contributed by atoms with E-state index in [1.165, 1.54) is 36.8 Å². The van der Waals surface area contributed by atoms with Gasteiger partial charge in [0.2, 0.25) is 0 Å². The maximum Gasteiger partial charge on any atom is 0.0991 e. The monoisotopic (exact) mass is 358 g/mol. The van der Waals surface area contributed by atoms with Gasteiger partial charge in [0.15, 0.2) is 0 Å². The van der Waals surface area contributed by atoms with Crippen molar-refractivity contribution in [2.24, 2.45) is 0 Å². The molecule has 4 heteroatoms. The van der Waals surface area contributed by atoms with Crippen LogP contribution in [0.2, 0.25) is 0 Å². The Morgan fingerprint density at radius 2 is 1.89 bits per heavy atom. The molecule has 0 radical (unpaired) electrons. The Balaban J connectivity index is 1.87. The lowest BCUT2D eigenvalue weighted by molar-refractivity contribution is 0.305. The van der Waals surface area contributed by atoms with Crippen molar-refractivity contribution in [3.63, 3.8) is 0 Å². The van der Waals surface area contributed by atoms with Crippen molar-refractivity contribution in [2.45, 2.75) is 44.7 Å². The van der Waals surface area contributed by atoms with Crippen LogP contribution in [0, 0.1) is 18.3 Å². The highest BCUT2D eigenvalue weighted by atomic mass is 15.0. The molecule has 0 atom stereocenters. The molecule has 3 N–H and O–H groups in total. The molecule has 1 aliphatic rings. The smallest absolute Gasteiger partial charge is 0.0991 e. The van der Waals surface area contributed by atoms with E-state index in [1.54, 1.807) is 0 Å². The van der Waals surface area contributed by atoms with Crippen LogP contribution in [0.25, 0.3) is 22.0 Å². The Bertz CT molecular complexity index is 1020. The van der Waals surface area contributed by atoms with Crippen LogP contribution in [-0.4, -0.2) is 17.7 Å². The lowest BCUT2D eigenvalue weighted by Crippen LogP contribution is -2.30. The van der Waals surface area contributed by atoms with Crippen LogP contribution >= 0.6 is 0 Å². The van der Waals surface area contributed by atoms with Gasteiger partial charge >= 0.3 is 0 Å². The van der Waals surface area contributed by atoms with Crippen LogP contribution < -0.4 is 11.1 Å². The topological polar surface area (TPSA) is 66.8 Å². The largest absolute Gasteiger partial charge is 0.398 e. The van der Waals surface area contributed by atoms with E-state index in [4.69, 9.17) is 5.73 Å². The van der Waals surface area contributed by atoms with Gasteiger partial charge in [-0.3, -0.25) is 0 Å². The molecule has 1 aliphatic carbocycles. The summed E-state index contributed by atoms with van der Waals surface area (Å²) in [6.07, 6.45) is 7.01. The molecule has 0 saturated heterocycles. The number of nitrogens with one attached hydrogen (secondary N) is 1. The Morgan fingerprint density at radius 1 is 1.11 bits per heavy atom.